The first-order valence-electron chi connectivity index (χ1n) is 11.2. The van der Waals surface area contributed by atoms with Gasteiger partial charge in [-0.25, -0.2) is 9.78 Å². The van der Waals surface area contributed by atoms with E-state index in [0.29, 0.717) is 33.1 Å². The Morgan fingerprint density at radius 1 is 1.03 bits per heavy atom. The van der Waals surface area contributed by atoms with Crippen molar-refractivity contribution in [3.05, 3.63) is 105 Å². The van der Waals surface area contributed by atoms with Crippen LogP contribution >= 0.6 is 11.6 Å². The second-order valence-corrected chi connectivity index (χ2v) is 8.66. The molecule has 0 bridgehead atoms. The van der Waals surface area contributed by atoms with Gasteiger partial charge in [0.2, 0.25) is 0 Å². The largest absolute Gasteiger partial charge is 0.493 e. The average Bonchev–Trinajstić information content (AvgIpc) is 2.88. The van der Waals surface area contributed by atoms with E-state index in [1.54, 1.807) is 60.7 Å². The minimum Gasteiger partial charge on any atom is -0.493 e. The summed E-state index contributed by atoms with van der Waals surface area (Å²) in [6.45, 7) is 3.91. The molecule has 0 saturated heterocycles. The van der Waals surface area contributed by atoms with Crippen LogP contribution in [0.4, 0.5) is 0 Å². The summed E-state index contributed by atoms with van der Waals surface area (Å²) in [4.78, 5) is 30.0. The highest BCUT2D eigenvalue weighted by atomic mass is 35.5. The Balaban J connectivity index is 1.57. The smallest absolute Gasteiger partial charge is 0.336 e. The highest BCUT2D eigenvalue weighted by Gasteiger charge is 2.13. The number of aromatic nitrogens is 2. The first-order valence-corrected chi connectivity index (χ1v) is 11.6. The molecule has 182 valence electrons. The number of para-hydroxylation sites is 1. The van der Waals surface area contributed by atoms with Crippen molar-refractivity contribution in [3.63, 3.8) is 0 Å². The third-order valence-corrected chi connectivity index (χ3v) is 5.55. The minimum atomic E-state index is -0.556. The van der Waals surface area contributed by atoms with Crippen molar-refractivity contribution in [2.75, 3.05) is 7.11 Å². The Hall–Kier alpha value is -4.23. The van der Waals surface area contributed by atoms with Crippen molar-refractivity contribution in [2.24, 2.45) is 5.10 Å². The molecule has 0 spiro atoms. The molecule has 3 aromatic carbocycles. The Labute approximate surface area is 213 Å². The van der Waals surface area contributed by atoms with Crippen molar-refractivity contribution in [2.45, 2.75) is 19.8 Å². The van der Waals surface area contributed by atoms with Gasteiger partial charge in [0, 0.05) is 17.0 Å². The molecule has 1 heterocycles. The van der Waals surface area contributed by atoms with Crippen LogP contribution in [-0.4, -0.2) is 29.0 Å². The van der Waals surface area contributed by atoms with Crippen LogP contribution in [0.2, 0.25) is 5.02 Å². The summed E-state index contributed by atoms with van der Waals surface area (Å²) >= 11 is 5.88. The number of esters is 1. The highest BCUT2D eigenvalue weighted by molar-refractivity contribution is 6.30. The lowest BCUT2D eigenvalue weighted by molar-refractivity contribution is -0.129. The van der Waals surface area contributed by atoms with E-state index in [1.165, 1.54) is 24.1 Å². The van der Waals surface area contributed by atoms with Crippen molar-refractivity contribution >= 4 is 40.8 Å². The van der Waals surface area contributed by atoms with Crippen molar-refractivity contribution in [3.8, 4) is 11.5 Å². The number of hydrogen-bond acceptors (Lipinski definition) is 6. The quantitative estimate of drug-likeness (QED) is 0.141. The van der Waals surface area contributed by atoms with Gasteiger partial charge in [0.25, 0.3) is 5.56 Å². The van der Waals surface area contributed by atoms with Gasteiger partial charge in [-0.2, -0.15) is 9.78 Å². The van der Waals surface area contributed by atoms with Crippen LogP contribution < -0.4 is 15.0 Å². The normalized spacial score (nSPS) is 11.6. The van der Waals surface area contributed by atoms with Gasteiger partial charge in [0.1, 0.15) is 5.82 Å². The van der Waals surface area contributed by atoms with Gasteiger partial charge in [-0.1, -0.05) is 49.7 Å². The van der Waals surface area contributed by atoms with Gasteiger partial charge >= 0.3 is 5.97 Å². The number of nitrogens with zero attached hydrogens (tertiary/aromatic N) is 3. The van der Waals surface area contributed by atoms with Crippen LogP contribution in [0.5, 0.6) is 11.5 Å². The van der Waals surface area contributed by atoms with E-state index >= 15 is 0 Å². The van der Waals surface area contributed by atoms with Crippen LogP contribution in [0.1, 0.15) is 36.7 Å². The van der Waals surface area contributed by atoms with E-state index in [1.807, 2.05) is 26.0 Å². The Bertz CT molecular complexity index is 1520. The molecule has 0 aliphatic rings. The fraction of sp³-hybridized carbons (Fsp3) is 0.143. The van der Waals surface area contributed by atoms with Crippen LogP contribution in [0.25, 0.3) is 17.0 Å². The Kier molecular flexibility index (Phi) is 7.61. The second kappa shape index (κ2) is 11.0. The number of carbonyl (C=O) groups is 1. The monoisotopic (exact) mass is 501 g/mol. The van der Waals surface area contributed by atoms with Gasteiger partial charge in [0.05, 0.1) is 24.2 Å². The maximum atomic E-state index is 13.1. The molecule has 0 unspecified atom stereocenters. The van der Waals surface area contributed by atoms with Crippen LogP contribution in [0.3, 0.4) is 0 Å². The fourth-order valence-electron chi connectivity index (χ4n) is 3.48. The van der Waals surface area contributed by atoms with E-state index in [0.717, 1.165) is 5.56 Å². The lowest BCUT2D eigenvalue weighted by Gasteiger charge is -2.12. The highest BCUT2D eigenvalue weighted by Crippen LogP contribution is 2.28. The van der Waals surface area contributed by atoms with E-state index in [9.17, 15) is 9.59 Å². The van der Waals surface area contributed by atoms with Crippen LogP contribution in [0.15, 0.2) is 82.7 Å². The molecule has 4 rings (SSSR count). The third kappa shape index (κ3) is 5.70. The Morgan fingerprint density at radius 2 is 1.75 bits per heavy atom. The molecule has 0 atom stereocenters. The molecule has 0 aliphatic carbocycles. The predicted molar refractivity (Wildman–Crippen MR) is 142 cm³/mol. The lowest BCUT2D eigenvalue weighted by atomic mass is 10.2. The lowest BCUT2D eigenvalue weighted by Crippen LogP contribution is -2.23. The van der Waals surface area contributed by atoms with Crippen LogP contribution in [-0.2, 0) is 4.79 Å². The Morgan fingerprint density at radius 3 is 2.47 bits per heavy atom. The van der Waals surface area contributed by atoms with E-state index in [4.69, 9.17) is 21.1 Å². The average molecular weight is 502 g/mol. The summed E-state index contributed by atoms with van der Waals surface area (Å²) in [5, 5.41) is 5.52. The van der Waals surface area contributed by atoms with E-state index < -0.39 is 5.97 Å². The zero-order valence-corrected chi connectivity index (χ0v) is 20.8. The third-order valence-electron chi connectivity index (χ3n) is 5.30. The van der Waals surface area contributed by atoms with Crippen molar-refractivity contribution in [1.29, 1.82) is 0 Å². The molecule has 0 N–H and O–H groups in total. The summed E-state index contributed by atoms with van der Waals surface area (Å²) < 4.78 is 12.1. The number of benzene rings is 3. The molecule has 0 fully saturated rings. The molecular weight excluding hydrogens is 478 g/mol. The maximum Gasteiger partial charge on any atom is 0.336 e. The van der Waals surface area contributed by atoms with Gasteiger partial charge in [-0.05, 0) is 59.7 Å². The summed E-state index contributed by atoms with van der Waals surface area (Å²) in [5.41, 5.74) is 1.85. The van der Waals surface area contributed by atoms with Crippen LogP contribution in [0, 0.1) is 0 Å². The molecule has 0 radical (unpaired) electrons. The zero-order chi connectivity index (χ0) is 25.7. The SMILES string of the molecule is COc1cc(C=Nn2c(C(C)C)nc3ccccc3c2=O)ccc1OC(=O)/C=C/c1ccc(Cl)cc1. The number of carbonyl (C=O) groups excluding carboxylic acids is 1. The number of halogens is 1. The minimum absolute atomic E-state index is 0.0169. The summed E-state index contributed by atoms with van der Waals surface area (Å²) in [6, 6.07) is 19.2. The fourth-order valence-corrected chi connectivity index (χ4v) is 3.61. The van der Waals surface area contributed by atoms with E-state index in [2.05, 4.69) is 10.1 Å². The molecule has 7 nitrogen and oxygen atoms in total. The molecule has 0 saturated carbocycles. The first kappa shape index (κ1) is 24.9. The molecule has 0 aliphatic heterocycles. The number of hydrogen-bond donors (Lipinski definition) is 0. The van der Waals surface area contributed by atoms with Crippen molar-refractivity contribution in [1.82, 2.24) is 9.66 Å². The zero-order valence-electron chi connectivity index (χ0n) is 20.0. The number of ether oxygens (including phenoxy) is 2. The second-order valence-electron chi connectivity index (χ2n) is 8.22. The van der Waals surface area contributed by atoms with Gasteiger partial charge < -0.3 is 9.47 Å². The molecule has 1 aromatic heterocycles. The summed E-state index contributed by atoms with van der Waals surface area (Å²) in [6.07, 6.45) is 4.50. The molecule has 36 heavy (non-hydrogen) atoms. The number of fused-ring (bicyclic) bond motifs is 1. The number of rotatable bonds is 7. The van der Waals surface area contributed by atoms with E-state index in [-0.39, 0.29) is 17.2 Å². The molecular formula is C28H24ClN3O4. The van der Waals surface area contributed by atoms with Gasteiger partial charge in [-0.15, -0.1) is 0 Å². The van der Waals surface area contributed by atoms with Crippen molar-refractivity contribution < 1.29 is 14.3 Å². The summed E-state index contributed by atoms with van der Waals surface area (Å²) in [7, 11) is 1.48. The molecule has 8 heteroatoms. The topological polar surface area (TPSA) is 82.8 Å². The summed E-state index contributed by atoms with van der Waals surface area (Å²) in [5.74, 6) is 0.588. The molecule has 4 aromatic rings. The van der Waals surface area contributed by atoms with Gasteiger partial charge in [0.15, 0.2) is 11.5 Å². The standard InChI is InChI=1S/C28H24ClN3O4/c1-18(2)27-31-23-7-5-4-6-22(23)28(34)32(27)30-17-20-10-14-24(25(16-20)35-3)36-26(33)15-11-19-8-12-21(29)13-9-19/h4-18H,1-3H3/b15-11+,30-17?. The predicted octanol–water partition coefficient (Wildman–Crippen LogP) is 5.68. The first-order chi connectivity index (χ1) is 17.4. The molecule has 0 amide bonds. The van der Waals surface area contributed by atoms with Gasteiger partial charge in [-0.3, -0.25) is 4.79 Å². The number of methoxy groups -OCH3 is 1. The maximum absolute atomic E-state index is 13.1.